The van der Waals surface area contributed by atoms with Crippen LogP contribution in [0.2, 0.25) is 0 Å². The Morgan fingerprint density at radius 3 is 2.53 bits per heavy atom. The van der Waals surface area contributed by atoms with Crippen LogP contribution in [0.1, 0.15) is 42.9 Å². The first-order valence-electron chi connectivity index (χ1n) is 10.2. The molecule has 1 saturated heterocycles. The fourth-order valence-electron chi connectivity index (χ4n) is 4.12. The summed E-state index contributed by atoms with van der Waals surface area (Å²) < 4.78 is 27.5. The molecule has 0 saturated carbocycles. The maximum Gasteiger partial charge on any atom is 0.241 e. The summed E-state index contributed by atoms with van der Waals surface area (Å²) in [6.45, 7) is 0.320. The van der Waals surface area contributed by atoms with Crippen LogP contribution in [0, 0.1) is 0 Å². The van der Waals surface area contributed by atoms with Crippen molar-refractivity contribution in [2.45, 2.75) is 43.0 Å². The first kappa shape index (κ1) is 20.6. The van der Waals surface area contributed by atoms with Gasteiger partial charge < -0.3 is 10.2 Å². The maximum atomic E-state index is 12.6. The van der Waals surface area contributed by atoms with E-state index in [0.717, 1.165) is 31.2 Å². The third-order valence-electron chi connectivity index (χ3n) is 5.66. The minimum atomic E-state index is -3.82. The SMILES string of the molecule is O=C(CNS(=O)(=O)c1ccc(N2CCCC2=O)cc1)N[C@@H]1CCCc2ccccc21. The molecule has 1 heterocycles. The van der Waals surface area contributed by atoms with Gasteiger partial charge in [0.15, 0.2) is 0 Å². The van der Waals surface area contributed by atoms with Gasteiger partial charge in [0, 0.05) is 18.7 Å². The minimum Gasteiger partial charge on any atom is -0.348 e. The van der Waals surface area contributed by atoms with Gasteiger partial charge in [-0.15, -0.1) is 0 Å². The number of benzene rings is 2. The summed E-state index contributed by atoms with van der Waals surface area (Å²) >= 11 is 0. The zero-order valence-corrected chi connectivity index (χ0v) is 17.5. The fraction of sp³-hybridized carbons (Fsp3) is 0.364. The summed E-state index contributed by atoms with van der Waals surface area (Å²) in [5.74, 6) is -0.316. The molecule has 158 valence electrons. The Morgan fingerprint density at radius 2 is 1.80 bits per heavy atom. The molecule has 0 radical (unpaired) electrons. The van der Waals surface area contributed by atoms with Gasteiger partial charge in [0.1, 0.15) is 0 Å². The van der Waals surface area contributed by atoms with Gasteiger partial charge in [0.05, 0.1) is 17.5 Å². The molecule has 2 aliphatic rings. The van der Waals surface area contributed by atoms with Gasteiger partial charge >= 0.3 is 0 Å². The zero-order valence-electron chi connectivity index (χ0n) is 16.6. The van der Waals surface area contributed by atoms with Gasteiger partial charge in [-0.3, -0.25) is 9.59 Å². The van der Waals surface area contributed by atoms with Crippen molar-refractivity contribution in [3.63, 3.8) is 0 Å². The van der Waals surface area contributed by atoms with Crippen molar-refractivity contribution in [2.24, 2.45) is 0 Å². The van der Waals surface area contributed by atoms with Crippen molar-refractivity contribution in [1.29, 1.82) is 0 Å². The number of carbonyl (C=O) groups excluding carboxylic acids is 2. The second-order valence-corrected chi connectivity index (χ2v) is 9.45. The quantitative estimate of drug-likeness (QED) is 0.739. The Hall–Kier alpha value is -2.71. The monoisotopic (exact) mass is 427 g/mol. The Bertz CT molecular complexity index is 1050. The molecule has 8 heteroatoms. The highest BCUT2D eigenvalue weighted by molar-refractivity contribution is 7.89. The third-order valence-corrected chi connectivity index (χ3v) is 7.08. The van der Waals surface area contributed by atoms with Crippen LogP contribution >= 0.6 is 0 Å². The van der Waals surface area contributed by atoms with E-state index in [4.69, 9.17) is 0 Å². The van der Waals surface area contributed by atoms with Crippen molar-refractivity contribution < 1.29 is 18.0 Å². The number of carbonyl (C=O) groups is 2. The molecule has 1 atom stereocenters. The molecule has 1 aliphatic carbocycles. The standard InChI is InChI=1S/C22H25N3O4S/c26-21(24-20-8-3-6-16-5-1-2-7-19(16)20)15-23-30(28,29)18-12-10-17(11-13-18)25-14-4-9-22(25)27/h1-2,5,7,10-13,20,23H,3-4,6,8-9,14-15H2,(H,24,26)/t20-/m1/s1. The summed E-state index contributed by atoms with van der Waals surface area (Å²) in [5, 5.41) is 2.94. The van der Waals surface area contributed by atoms with Gasteiger partial charge in [0.2, 0.25) is 21.8 Å². The molecule has 0 aromatic heterocycles. The van der Waals surface area contributed by atoms with E-state index in [0.29, 0.717) is 18.7 Å². The second-order valence-electron chi connectivity index (χ2n) is 7.68. The predicted molar refractivity (Wildman–Crippen MR) is 113 cm³/mol. The molecule has 30 heavy (non-hydrogen) atoms. The number of rotatable bonds is 6. The molecule has 7 nitrogen and oxygen atoms in total. The number of nitrogens with one attached hydrogen (secondary N) is 2. The summed E-state index contributed by atoms with van der Waals surface area (Å²) in [6.07, 6.45) is 4.14. The highest BCUT2D eigenvalue weighted by atomic mass is 32.2. The van der Waals surface area contributed by atoms with Crippen molar-refractivity contribution in [3.05, 3.63) is 59.7 Å². The number of anilines is 1. The van der Waals surface area contributed by atoms with Crippen molar-refractivity contribution >= 4 is 27.5 Å². The smallest absolute Gasteiger partial charge is 0.241 e. The number of nitrogens with zero attached hydrogens (tertiary/aromatic N) is 1. The molecule has 2 N–H and O–H groups in total. The van der Waals surface area contributed by atoms with Gasteiger partial charge in [0.25, 0.3) is 0 Å². The van der Waals surface area contributed by atoms with Crippen LogP contribution in [0.4, 0.5) is 5.69 Å². The van der Waals surface area contributed by atoms with Gasteiger partial charge in [-0.05, 0) is 61.1 Å². The molecular formula is C22H25N3O4S. The summed E-state index contributed by atoms with van der Waals surface area (Å²) in [7, 11) is -3.82. The minimum absolute atomic E-state index is 0.0460. The average molecular weight is 428 g/mol. The van der Waals surface area contributed by atoms with E-state index in [-0.39, 0.29) is 29.3 Å². The molecule has 0 spiro atoms. The number of fused-ring (bicyclic) bond motifs is 1. The molecule has 4 rings (SSSR count). The molecule has 0 unspecified atom stereocenters. The first-order chi connectivity index (χ1) is 14.4. The first-order valence-corrected chi connectivity index (χ1v) is 11.7. The highest BCUT2D eigenvalue weighted by Gasteiger charge is 2.24. The number of aryl methyl sites for hydroxylation is 1. The van der Waals surface area contributed by atoms with Crippen LogP contribution in [0.5, 0.6) is 0 Å². The maximum absolute atomic E-state index is 12.6. The van der Waals surface area contributed by atoms with Gasteiger partial charge in [-0.1, -0.05) is 24.3 Å². The van der Waals surface area contributed by atoms with Crippen molar-refractivity contribution in [2.75, 3.05) is 18.0 Å². The van der Waals surface area contributed by atoms with Crippen LogP contribution in [0.3, 0.4) is 0 Å². The van der Waals surface area contributed by atoms with E-state index in [1.165, 1.54) is 17.7 Å². The zero-order chi connectivity index (χ0) is 21.1. The average Bonchev–Trinajstić information content (AvgIpc) is 3.19. The topological polar surface area (TPSA) is 95.6 Å². The van der Waals surface area contributed by atoms with Crippen LogP contribution in [0.25, 0.3) is 0 Å². The summed E-state index contributed by atoms with van der Waals surface area (Å²) in [4.78, 5) is 25.9. The van der Waals surface area contributed by atoms with Gasteiger partial charge in [-0.2, -0.15) is 0 Å². The van der Waals surface area contributed by atoms with E-state index in [9.17, 15) is 18.0 Å². The van der Waals surface area contributed by atoms with E-state index >= 15 is 0 Å². The largest absolute Gasteiger partial charge is 0.348 e. The molecule has 1 fully saturated rings. The van der Waals surface area contributed by atoms with Crippen LogP contribution in [0.15, 0.2) is 53.4 Å². The number of sulfonamides is 1. The second kappa shape index (κ2) is 8.57. The predicted octanol–water partition coefficient (Wildman–Crippen LogP) is 2.29. The lowest BCUT2D eigenvalue weighted by molar-refractivity contribution is -0.121. The lowest BCUT2D eigenvalue weighted by atomic mass is 9.88. The number of hydrogen-bond donors (Lipinski definition) is 2. The number of amides is 2. The Balaban J connectivity index is 1.36. The van der Waals surface area contributed by atoms with Crippen molar-refractivity contribution in [3.8, 4) is 0 Å². The lowest BCUT2D eigenvalue weighted by Gasteiger charge is -2.26. The number of hydrogen-bond acceptors (Lipinski definition) is 4. The molecule has 2 aromatic rings. The molecular weight excluding hydrogens is 402 g/mol. The lowest BCUT2D eigenvalue weighted by Crippen LogP contribution is -2.39. The summed E-state index contributed by atoms with van der Waals surface area (Å²) in [5.41, 5.74) is 3.02. The molecule has 2 amide bonds. The molecule has 2 aromatic carbocycles. The summed E-state index contributed by atoms with van der Waals surface area (Å²) in [6, 6.07) is 14.1. The van der Waals surface area contributed by atoms with E-state index in [1.54, 1.807) is 17.0 Å². The van der Waals surface area contributed by atoms with Gasteiger partial charge in [-0.25, -0.2) is 13.1 Å². The third kappa shape index (κ3) is 4.39. The van der Waals surface area contributed by atoms with E-state index < -0.39 is 10.0 Å². The Kier molecular flexibility index (Phi) is 5.87. The Morgan fingerprint density at radius 1 is 1.03 bits per heavy atom. The van der Waals surface area contributed by atoms with Crippen LogP contribution < -0.4 is 14.9 Å². The van der Waals surface area contributed by atoms with Crippen molar-refractivity contribution in [1.82, 2.24) is 10.0 Å². The van der Waals surface area contributed by atoms with E-state index in [2.05, 4.69) is 16.1 Å². The Labute approximate surface area is 176 Å². The van der Waals surface area contributed by atoms with E-state index in [1.807, 2.05) is 18.2 Å². The highest BCUT2D eigenvalue weighted by Crippen LogP contribution is 2.29. The van der Waals surface area contributed by atoms with Crippen LogP contribution in [-0.2, 0) is 26.0 Å². The van der Waals surface area contributed by atoms with Crippen LogP contribution in [-0.4, -0.2) is 33.3 Å². The normalized spacial score (nSPS) is 18.9. The molecule has 0 bridgehead atoms. The molecule has 1 aliphatic heterocycles. The fourth-order valence-corrected chi connectivity index (χ4v) is 5.10.